The Morgan fingerprint density at radius 1 is 0.857 bits per heavy atom. The highest BCUT2D eigenvalue weighted by molar-refractivity contribution is 6.22. The van der Waals surface area contributed by atoms with E-state index >= 15 is 0 Å². The van der Waals surface area contributed by atoms with Gasteiger partial charge in [-0.05, 0) is 17.7 Å². The maximum absolute atomic E-state index is 12.3. The van der Waals surface area contributed by atoms with E-state index in [1.54, 1.807) is 24.3 Å². The van der Waals surface area contributed by atoms with Gasteiger partial charge in [-0.1, -0.05) is 42.5 Å². The van der Waals surface area contributed by atoms with Crippen molar-refractivity contribution < 1.29 is 14.4 Å². The molecule has 0 bridgehead atoms. The van der Waals surface area contributed by atoms with Crippen molar-refractivity contribution in [1.29, 1.82) is 0 Å². The summed E-state index contributed by atoms with van der Waals surface area (Å²) in [5, 5.41) is 0. The lowest BCUT2D eigenvalue weighted by molar-refractivity contribution is -0.111. The molecular weight excluding hydrogens is 266 g/mol. The van der Waals surface area contributed by atoms with E-state index in [9.17, 15) is 14.4 Å². The molecule has 0 spiro atoms. The number of nitrogens with zero attached hydrogens (tertiary/aromatic N) is 1. The van der Waals surface area contributed by atoms with E-state index in [1.165, 1.54) is 0 Å². The van der Waals surface area contributed by atoms with Gasteiger partial charge in [0, 0.05) is 6.42 Å². The van der Waals surface area contributed by atoms with E-state index in [0.717, 1.165) is 10.5 Å². The summed E-state index contributed by atoms with van der Waals surface area (Å²) < 4.78 is 0. The van der Waals surface area contributed by atoms with E-state index in [4.69, 9.17) is 0 Å². The number of rotatable bonds is 4. The Kier molecular flexibility index (Phi) is 3.36. The van der Waals surface area contributed by atoms with Crippen LogP contribution in [0.4, 0.5) is 0 Å². The van der Waals surface area contributed by atoms with Crippen molar-refractivity contribution in [2.75, 3.05) is 0 Å². The molecule has 0 aromatic heterocycles. The van der Waals surface area contributed by atoms with Crippen LogP contribution < -0.4 is 0 Å². The molecule has 1 aliphatic heterocycles. The summed E-state index contributed by atoms with van der Waals surface area (Å²) in [6.07, 6.45) is 0.991. The van der Waals surface area contributed by atoms with Gasteiger partial charge in [-0.25, -0.2) is 0 Å². The maximum atomic E-state index is 12.3. The predicted octanol–water partition coefficient (Wildman–Crippen LogP) is 2.09. The fraction of sp³-hybridized carbons (Fsp3) is 0.118. The van der Waals surface area contributed by atoms with Gasteiger partial charge in [0.2, 0.25) is 0 Å². The van der Waals surface area contributed by atoms with Crippen LogP contribution in [0, 0.1) is 0 Å². The van der Waals surface area contributed by atoms with E-state index in [0.29, 0.717) is 23.8 Å². The van der Waals surface area contributed by atoms with E-state index in [-0.39, 0.29) is 0 Å². The first-order chi connectivity index (χ1) is 10.2. The van der Waals surface area contributed by atoms with Crippen LogP contribution in [-0.2, 0) is 11.2 Å². The molecule has 1 aliphatic rings. The zero-order valence-corrected chi connectivity index (χ0v) is 11.2. The lowest BCUT2D eigenvalue weighted by atomic mass is 10.1. The van der Waals surface area contributed by atoms with E-state index in [1.807, 2.05) is 30.3 Å². The first-order valence-corrected chi connectivity index (χ1v) is 6.68. The molecule has 4 heteroatoms. The van der Waals surface area contributed by atoms with Gasteiger partial charge in [0.25, 0.3) is 11.8 Å². The molecule has 3 rings (SSSR count). The van der Waals surface area contributed by atoms with E-state index < -0.39 is 17.9 Å². The third-order valence-corrected chi connectivity index (χ3v) is 3.60. The average molecular weight is 279 g/mol. The van der Waals surface area contributed by atoms with Crippen molar-refractivity contribution >= 4 is 18.1 Å². The Morgan fingerprint density at radius 3 is 1.90 bits per heavy atom. The molecule has 104 valence electrons. The molecule has 0 N–H and O–H groups in total. The van der Waals surface area contributed by atoms with Gasteiger partial charge in [0.05, 0.1) is 17.2 Å². The van der Waals surface area contributed by atoms with Crippen LogP contribution in [0.3, 0.4) is 0 Å². The smallest absolute Gasteiger partial charge is 0.262 e. The van der Waals surface area contributed by atoms with Crippen molar-refractivity contribution in [3.05, 3.63) is 71.3 Å². The second-order valence-electron chi connectivity index (χ2n) is 4.92. The van der Waals surface area contributed by atoms with Crippen molar-refractivity contribution in [1.82, 2.24) is 4.90 Å². The normalized spacial score (nSPS) is 15.0. The quantitative estimate of drug-likeness (QED) is 0.636. The average Bonchev–Trinajstić information content (AvgIpc) is 2.78. The van der Waals surface area contributed by atoms with Gasteiger partial charge in [-0.15, -0.1) is 0 Å². The number of carbonyl (C=O) groups excluding carboxylic acids is 3. The number of carbonyl (C=O) groups is 3. The highest BCUT2D eigenvalue weighted by atomic mass is 16.2. The second kappa shape index (κ2) is 5.32. The molecule has 21 heavy (non-hydrogen) atoms. The van der Waals surface area contributed by atoms with Crippen LogP contribution in [0.15, 0.2) is 54.6 Å². The molecule has 2 amide bonds. The number of benzene rings is 2. The lowest BCUT2D eigenvalue weighted by Gasteiger charge is -2.21. The highest BCUT2D eigenvalue weighted by Gasteiger charge is 2.39. The molecule has 0 aliphatic carbocycles. The summed E-state index contributed by atoms with van der Waals surface area (Å²) in [5.41, 5.74) is 1.64. The van der Waals surface area contributed by atoms with E-state index in [2.05, 4.69) is 0 Å². The SMILES string of the molecule is O=C[C@H](Cc1ccccc1)N1C(=O)c2ccccc2C1=O. The number of fused-ring (bicyclic) bond motifs is 1. The first kappa shape index (κ1) is 13.2. The molecular formula is C17H13NO3. The monoisotopic (exact) mass is 279 g/mol. The Hall–Kier alpha value is -2.75. The molecule has 0 fully saturated rings. The van der Waals surface area contributed by atoms with Crippen molar-refractivity contribution in [2.45, 2.75) is 12.5 Å². The third-order valence-electron chi connectivity index (χ3n) is 3.60. The second-order valence-corrected chi connectivity index (χ2v) is 4.92. The number of hydrogen-bond donors (Lipinski definition) is 0. The van der Waals surface area contributed by atoms with Crippen LogP contribution in [0.2, 0.25) is 0 Å². The van der Waals surface area contributed by atoms with Crippen LogP contribution in [0.25, 0.3) is 0 Å². The molecule has 0 unspecified atom stereocenters. The standard InChI is InChI=1S/C17H13NO3/c19-11-13(10-12-6-2-1-3-7-12)18-16(20)14-8-4-5-9-15(14)17(18)21/h1-9,11,13H,10H2/t13-/m0/s1. The Morgan fingerprint density at radius 2 is 1.38 bits per heavy atom. The summed E-state index contributed by atoms with van der Waals surface area (Å²) in [4.78, 5) is 37.1. The minimum Gasteiger partial charge on any atom is -0.301 e. The van der Waals surface area contributed by atoms with Crippen LogP contribution in [0.1, 0.15) is 26.3 Å². The van der Waals surface area contributed by atoms with Gasteiger partial charge in [0.1, 0.15) is 6.29 Å². The van der Waals surface area contributed by atoms with Gasteiger partial charge >= 0.3 is 0 Å². The third kappa shape index (κ3) is 2.25. The summed E-state index contributed by atoms with van der Waals surface area (Å²) >= 11 is 0. The summed E-state index contributed by atoms with van der Waals surface area (Å²) in [7, 11) is 0. The zero-order chi connectivity index (χ0) is 14.8. The number of hydrogen-bond acceptors (Lipinski definition) is 3. The van der Waals surface area contributed by atoms with Crippen molar-refractivity contribution in [3.63, 3.8) is 0 Å². The fourth-order valence-corrected chi connectivity index (χ4v) is 2.56. The zero-order valence-electron chi connectivity index (χ0n) is 11.2. The summed E-state index contributed by atoms with van der Waals surface area (Å²) in [6.45, 7) is 0. The van der Waals surface area contributed by atoms with Gasteiger partial charge < -0.3 is 4.79 Å². The van der Waals surface area contributed by atoms with Gasteiger partial charge in [-0.3, -0.25) is 14.5 Å². The van der Waals surface area contributed by atoms with Crippen LogP contribution >= 0.6 is 0 Å². The number of imide groups is 1. The fourth-order valence-electron chi connectivity index (χ4n) is 2.56. The molecule has 1 atom stereocenters. The number of amides is 2. The predicted molar refractivity (Wildman–Crippen MR) is 76.9 cm³/mol. The minimum atomic E-state index is -0.778. The molecule has 2 aromatic carbocycles. The highest BCUT2D eigenvalue weighted by Crippen LogP contribution is 2.25. The Balaban J connectivity index is 1.91. The molecule has 4 nitrogen and oxygen atoms in total. The van der Waals surface area contributed by atoms with Gasteiger partial charge in [0.15, 0.2) is 0 Å². The molecule has 2 aromatic rings. The summed E-state index contributed by atoms with van der Waals surface area (Å²) in [5.74, 6) is -0.799. The molecule has 0 saturated heterocycles. The topological polar surface area (TPSA) is 54.5 Å². The number of aldehydes is 1. The Bertz CT molecular complexity index is 674. The first-order valence-electron chi connectivity index (χ1n) is 6.68. The maximum Gasteiger partial charge on any atom is 0.262 e. The van der Waals surface area contributed by atoms with Crippen molar-refractivity contribution in [2.24, 2.45) is 0 Å². The van der Waals surface area contributed by atoms with Gasteiger partial charge in [-0.2, -0.15) is 0 Å². The van der Waals surface area contributed by atoms with Crippen LogP contribution in [-0.4, -0.2) is 29.0 Å². The Labute approximate surface area is 122 Å². The summed E-state index contributed by atoms with van der Waals surface area (Å²) in [6, 6.07) is 15.2. The largest absolute Gasteiger partial charge is 0.301 e. The minimum absolute atomic E-state index is 0.329. The molecule has 0 saturated carbocycles. The molecule has 1 heterocycles. The lowest BCUT2D eigenvalue weighted by Crippen LogP contribution is -2.42. The van der Waals surface area contributed by atoms with Crippen molar-refractivity contribution in [3.8, 4) is 0 Å². The van der Waals surface area contributed by atoms with Crippen LogP contribution in [0.5, 0.6) is 0 Å². The molecule has 0 radical (unpaired) electrons.